The number of aliphatic hydroxyl groups is 5. The Kier molecular flexibility index (Phi) is 11.0. The Morgan fingerprint density at radius 1 is 0.778 bits per heavy atom. The van der Waals surface area contributed by atoms with Crippen molar-refractivity contribution in [2.24, 2.45) is 0 Å². The summed E-state index contributed by atoms with van der Waals surface area (Å²) in [5.41, 5.74) is -0.687. The van der Waals surface area contributed by atoms with E-state index in [1.54, 1.807) is 0 Å². The third-order valence-corrected chi connectivity index (χ3v) is 8.85. The van der Waals surface area contributed by atoms with Crippen molar-refractivity contribution < 1.29 is 84.0 Å². The monoisotopic (exact) mass is 756 g/mol. The molecule has 0 spiro atoms. The highest BCUT2D eigenvalue weighted by atomic mass is 16.8. The van der Waals surface area contributed by atoms with Gasteiger partial charge in [0, 0.05) is 23.8 Å². The van der Waals surface area contributed by atoms with Crippen LogP contribution in [0.15, 0.2) is 69.9 Å². The fourth-order valence-corrected chi connectivity index (χ4v) is 5.86. The van der Waals surface area contributed by atoms with Gasteiger partial charge in [-0.25, -0.2) is 4.79 Å². The van der Waals surface area contributed by atoms with Crippen molar-refractivity contribution in [3.8, 4) is 45.8 Å². The summed E-state index contributed by atoms with van der Waals surface area (Å²) < 4.78 is 33.9. The second kappa shape index (κ2) is 15.5. The fourth-order valence-electron chi connectivity index (χ4n) is 5.86. The Morgan fingerprint density at radius 3 is 2.20 bits per heavy atom. The minimum Gasteiger partial charge on any atom is -0.508 e. The molecule has 18 nitrogen and oxygen atoms in total. The van der Waals surface area contributed by atoms with E-state index in [9.17, 15) is 60.7 Å². The molecule has 4 aromatic rings. The summed E-state index contributed by atoms with van der Waals surface area (Å²) in [5, 5.41) is 103. The number of hydrogen-bond acceptors (Lipinski definition) is 18. The first-order valence-electron chi connectivity index (χ1n) is 16.3. The third-order valence-electron chi connectivity index (χ3n) is 8.85. The smallest absolute Gasteiger partial charge is 0.330 e. The van der Waals surface area contributed by atoms with Crippen molar-refractivity contribution in [2.45, 2.75) is 68.3 Å². The molecule has 3 aromatic carbocycles. The average molecular weight is 757 g/mol. The summed E-state index contributed by atoms with van der Waals surface area (Å²) in [6.07, 6.45) is -14.6. The number of phenolic OH excluding ortho intramolecular Hbond substituents is 4. The maximum absolute atomic E-state index is 13.0. The van der Waals surface area contributed by atoms with E-state index in [1.165, 1.54) is 55.5 Å². The Balaban J connectivity index is 1.21. The Labute approximate surface area is 304 Å². The number of hydrogen-bond donors (Lipinski definition) is 10. The summed E-state index contributed by atoms with van der Waals surface area (Å²) >= 11 is 0. The molecule has 6 rings (SSSR count). The quantitative estimate of drug-likeness (QED) is 0.0623. The number of aliphatic hydroxyl groups excluding tert-OH is 5. The lowest BCUT2D eigenvalue weighted by atomic mass is 9.97. The van der Waals surface area contributed by atoms with Crippen LogP contribution in [0.4, 0.5) is 0 Å². The predicted octanol–water partition coefficient (Wildman–Crippen LogP) is 0.283. The molecule has 54 heavy (non-hydrogen) atoms. The molecule has 0 radical (unpaired) electrons. The van der Waals surface area contributed by atoms with Gasteiger partial charge in [0.25, 0.3) is 0 Å². The van der Waals surface area contributed by atoms with Crippen molar-refractivity contribution >= 4 is 23.0 Å². The maximum atomic E-state index is 13.0. The minimum absolute atomic E-state index is 0.0879. The highest BCUT2D eigenvalue weighted by Crippen LogP contribution is 2.37. The molecule has 10 atom stereocenters. The summed E-state index contributed by atoms with van der Waals surface area (Å²) in [7, 11) is 0. The van der Waals surface area contributed by atoms with Gasteiger partial charge in [-0.15, -0.1) is 0 Å². The molecular formula is C36H36O18. The molecule has 3 heterocycles. The highest BCUT2D eigenvalue weighted by molar-refractivity contribution is 5.88. The fraction of sp³-hybridized carbons (Fsp3) is 0.333. The number of carbonyl (C=O) groups excluding carboxylic acids is 1. The van der Waals surface area contributed by atoms with Gasteiger partial charge in [0.2, 0.25) is 17.5 Å². The van der Waals surface area contributed by atoms with Crippen LogP contribution in [0, 0.1) is 0 Å². The number of ether oxygens (including phenoxy) is 5. The van der Waals surface area contributed by atoms with Crippen molar-refractivity contribution in [1.82, 2.24) is 0 Å². The molecule has 2 aliphatic rings. The molecule has 18 heteroatoms. The molecule has 0 amide bonds. The zero-order valence-corrected chi connectivity index (χ0v) is 28.1. The lowest BCUT2D eigenvalue weighted by molar-refractivity contribution is -0.355. The first-order valence-corrected chi connectivity index (χ1v) is 16.3. The van der Waals surface area contributed by atoms with Crippen LogP contribution < -0.4 is 10.2 Å². The molecule has 2 aliphatic heterocycles. The second-order valence-electron chi connectivity index (χ2n) is 12.6. The van der Waals surface area contributed by atoms with Gasteiger partial charge in [0.05, 0.1) is 6.10 Å². The summed E-state index contributed by atoms with van der Waals surface area (Å²) in [5.74, 6) is -3.81. The molecule has 2 fully saturated rings. The molecule has 0 aliphatic carbocycles. The van der Waals surface area contributed by atoms with Crippen LogP contribution in [-0.2, 0) is 23.7 Å². The van der Waals surface area contributed by atoms with Crippen LogP contribution in [0.1, 0.15) is 12.5 Å². The van der Waals surface area contributed by atoms with E-state index in [-0.39, 0.29) is 34.2 Å². The van der Waals surface area contributed by atoms with Crippen LogP contribution in [0.3, 0.4) is 0 Å². The zero-order valence-electron chi connectivity index (χ0n) is 28.1. The average Bonchev–Trinajstić information content (AvgIpc) is 3.14. The van der Waals surface area contributed by atoms with E-state index in [2.05, 4.69) is 0 Å². The predicted molar refractivity (Wildman–Crippen MR) is 181 cm³/mol. The van der Waals surface area contributed by atoms with Gasteiger partial charge in [-0.3, -0.25) is 4.79 Å². The largest absolute Gasteiger partial charge is 0.508 e. The van der Waals surface area contributed by atoms with Crippen molar-refractivity contribution in [3.05, 3.63) is 76.5 Å². The summed E-state index contributed by atoms with van der Waals surface area (Å²) in [4.78, 5) is 25.4. The number of carbonyl (C=O) groups is 1. The lowest BCUT2D eigenvalue weighted by Crippen LogP contribution is -2.64. The van der Waals surface area contributed by atoms with Crippen molar-refractivity contribution in [1.29, 1.82) is 0 Å². The number of benzene rings is 3. The third kappa shape index (κ3) is 7.77. The lowest BCUT2D eigenvalue weighted by Gasteiger charge is -2.45. The number of esters is 1. The van der Waals surface area contributed by atoms with Gasteiger partial charge < -0.3 is 79.2 Å². The SMILES string of the molecule is CC1OC(Oc2cc(O)c3c(=O)c(O)c(-c4ccc(O)cc4)oc3c2)C(OC2OC(COC(=O)C=Cc3ccc(O)c(O)c3)C(O)C(O)C2O)C(O)C1O. The Morgan fingerprint density at radius 2 is 1.50 bits per heavy atom. The van der Waals surface area contributed by atoms with Crippen LogP contribution >= 0.6 is 0 Å². The van der Waals surface area contributed by atoms with Crippen LogP contribution in [-0.4, -0.2) is 125 Å². The molecule has 288 valence electrons. The van der Waals surface area contributed by atoms with Gasteiger partial charge in [-0.2, -0.15) is 0 Å². The normalized spacial score (nSPS) is 28.6. The van der Waals surface area contributed by atoms with Gasteiger partial charge in [0.15, 0.2) is 29.7 Å². The number of fused-ring (bicyclic) bond motifs is 1. The van der Waals surface area contributed by atoms with Crippen LogP contribution in [0.2, 0.25) is 0 Å². The van der Waals surface area contributed by atoms with E-state index < -0.39 is 102 Å². The summed E-state index contributed by atoms with van der Waals surface area (Å²) in [6.45, 7) is 0.737. The Hall–Kier alpha value is -5.44. The topological polar surface area (TPSA) is 296 Å². The minimum atomic E-state index is -1.96. The van der Waals surface area contributed by atoms with Gasteiger partial charge in [-0.05, 0) is 55.0 Å². The molecule has 0 saturated carbocycles. The van der Waals surface area contributed by atoms with E-state index >= 15 is 0 Å². The highest BCUT2D eigenvalue weighted by Gasteiger charge is 2.51. The number of aromatic hydroxyl groups is 5. The number of phenols is 4. The molecule has 10 N–H and O–H groups in total. The standard InChI is InChI=1S/C36H36O18/c1-14-26(42)30(46)34(54-35-32(48)29(45)27(43)23(53-35)13-49-24(41)9-3-15-2-8-19(38)20(39)10-15)36(50-14)51-18-11-21(40)25-22(12-18)52-33(31(47)28(25)44)16-4-6-17(37)7-5-16/h2-12,14,23,26-27,29-30,32,34-40,42-43,45-48H,13H2,1H3. The Bertz CT molecular complexity index is 2080. The van der Waals surface area contributed by atoms with Crippen LogP contribution in [0.5, 0.6) is 34.5 Å². The zero-order chi connectivity index (χ0) is 39.0. The summed E-state index contributed by atoms with van der Waals surface area (Å²) in [6, 6.07) is 11.3. The van der Waals surface area contributed by atoms with Gasteiger partial charge in [-0.1, -0.05) is 6.07 Å². The van der Waals surface area contributed by atoms with Gasteiger partial charge >= 0.3 is 5.97 Å². The van der Waals surface area contributed by atoms with Crippen molar-refractivity contribution in [3.63, 3.8) is 0 Å². The van der Waals surface area contributed by atoms with Crippen LogP contribution in [0.25, 0.3) is 28.4 Å². The second-order valence-corrected chi connectivity index (χ2v) is 12.6. The molecule has 10 unspecified atom stereocenters. The molecule has 0 bridgehead atoms. The number of rotatable bonds is 9. The van der Waals surface area contributed by atoms with Gasteiger partial charge in [0.1, 0.15) is 71.4 Å². The first kappa shape index (κ1) is 38.3. The molecule has 1 aromatic heterocycles. The van der Waals surface area contributed by atoms with E-state index in [4.69, 9.17) is 28.1 Å². The van der Waals surface area contributed by atoms with Crippen molar-refractivity contribution in [2.75, 3.05) is 6.61 Å². The maximum Gasteiger partial charge on any atom is 0.330 e. The first-order chi connectivity index (χ1) is 25.6. The molecular weight excluding hydrogens is 720 g/mol. The molecule has 2 saturated heterocycles. The van der Waals surface area contributed by atoms with E-state index in [0.29, 0.717) is 5.56 Å². The van der Waals surface area contributed by atoms with E-state index in [1.807, 2.05) is 0 Å². The van der Waals surface area contributed by atoms with E-state index in [0.717, 1.165) is 18.2 Å².